The second kappa shape index (κ2) is 4.41. The van der Waals surface area contributed by atoms with E-state index in [2.05, 4.69) is 11.2 Å². The minimum atomic E-state index is -0.188. The Hall–Kier alpha value is -1.32. The third kappa shape index (κ3) is 1.93. The molecule has 0 bridgehead atoms. The van der Waals surface area contributed by atoms with Gasteiger partial charge in [-0.3, -0.25) is 0 Å². The molecule has 0 saturated heterocycles. The molecule has 4 heteroatoms. The zero-order valence-electron chi connectivity index (χ0n) is 10.1. The molecule has 1 saturated carbocycles. The van der Waals surface area contributed by atoms with Crippen LogP contribution in [0.4, 0.5) is 0 Å². The normalized spacial score (nSPS) is 18.1. The number of rotatable bonds is 2. The van der Waals surface area contributed by atoms with Crippen molar-refractivity contribution in [2.45, 2.75) is 31.2 Å². The molecule has 0 radical (unpaired) electrons. The van der Waals surface area contributed by atoms with Crippen molar-refractivity contribution in [3.05, 3.63) is 47.2 Å². The van der Waals surface area contributed by atoms with Crippen LogP contribution in [-0.4, -0.2) is 9.78 Å². The first-order valence-corrected chi connectivity index (χ1v) is 6.66. The molecule has 0 aliphatic heterocycles. The average molecular weight is 262 g/mol. The van der Waals surface area contributed by atoms with E-state index in [1.165, 1.54) is 12.8 Å². The van der Waals surface area contributed by atoms with Crippen LogP contribution in [0.15, 0.2) is 36.7 Å². The summed E-state index contributed by atoms with van der Waals surface area (Å²) in [5.41, 5.74) is 8.28. The highest BCUT2D eigenvalue weighted by molar-refractivity contribution is 6.32. The van der Waals surface area contributed by atoms with Crippen molar-refractivity contribution in [2.75, 3.05) is 0 Å². The van der Waals surface area contributed by atoms with Crippen LogP contribution in [0, 0.1) is 0 Å². The maximum Gasteiger partial charge on any atom is 0.0831 e. The van der Waals surface area contributed by atoms with Gasteiger partial charge in [0.15, 0.2) is 0 Å². The lowest BCUT2D eigenvalue weighted by Gasteiger charge is -2.24. The van der Waals surface area contributed by atoms with Crippen LogP contribution < -0.4 is 5.73 Å². The molecule has 3 nitrogen and oxygen atoms in total. The van der Waals surface area contributed by atoms with Gasteiger partial charge in [-0.05, 0) is 36.6 Å². The Morgan fingerprint density at radius 3 is 2.67 bits per heavy atom. The van der Waals surface area contributed by atoms with E-state index in [0.29, 0.717) is 5.02 Å². The quantitative estimate of drug-likeness (QED) is 0.902. The maximum absolute atomic E-state index is 6.44. The van der Waals surface area contributed by atoms with Crippen LogP contribution in [0.25, 0.3) is 5.69 Å². The van der Waals surface area contributed by atoms with E-state index in [9.17, 15) is 0 Å². The molecule has 1 aromatic carbocycles. The molecule has 0 unspecified atom stereocenters. The minimum Gasteiger partial charge on any atom is -0.321 e. The molecule has 0 amide bonds. The highest BCUT2D eigenvalue weighted by atomic mass is 35.5. The van der Waals surface area contributed by atoms with Gasteiger partial charge in [-0.25, -0.2) is 4.68 Å². The molecule has 1 aromatic heterocycles. The Balaban J connectivity index is 1.99. The molecule has 3 rings (SSSR count). The van der Waals surface area contributed by atoms with Gasteiger partial charge >= 0.3 is 0 Å². The lowest BCUT2D eigenvalue weighted by Crippen LogP contribution is -2.33. The minimum absolute atomic E-state index is 0.188. The van der Waals surface area contributed by atoms with E-state index < -0.39 is 0 Å². The van der Waals surface area contributed by atoms with Crippen molar-refractivity contribution in [3.8, 4) is 5.69 Å². The topological polar surface area (TPSA) is 43.8 Å². The van der Waals surface area contributed by atoms with Gasteiger partial charge in [-0.1, -0.05) is 30.5 Å². The summed E-state index contributed by atoms with van der Waals surface area (Å²) in [5.74, 6) is 0. The molecular formula is C14H16ClN3. The van der Waals surface area contributed by atoms with E-state index in [4.69, 9.17) is 17.3 Å². The van der Waals surface area contributed by atoms with Crippen molar-refractivity contribution in [1.29, 1.82) is 0 Å². The molecule has 0 spiro atoms. The van der Waals surface area contributed by atoms with Crippen LogP contribution in [0.1, 0.15) is 31.2 Å². The van der Waals surface area contributed by atoms with E-state index in [-0.39, 0.29) is 5.54 Å². The molecule has 1 fully saturated rings. The largest absolute Gasteiger partial charge is 0.321 e. The second-order valence-corrected chi connectivity index (χ2v) is 5.39. The first kappa shape index (κ1) is 11.8. The van der Waals surface area contributed by atoms with Crippen LogP contribution in [0.3, 0.4) is 0 Å². The van der Waals surface area contributed by atoms with E-state index in [1.807, 2.05) is 24.4 Å². The highest BCUT2D eigenvalue weighted by Gasteiger charge is 2.31. The summed E-state index contributed by atoms with van der Waals surface area (Å²) in [6.45, 7) is 0. The summed E-state index contributed by atoms with van der Waals surface area (Å²) >= 11 is 6.34. The number of aromatic nitrogens is 2. The Morgan fingerprint density at radius 1 is 1.28 bits per heavy atom. The predicted molar refractivity (Wildman–Crippen MR) is 72.9 cm³/mol. The summed E-state index contributed by atoms with van der Waals surface area (Å²) < 4.78 is 1.77. The van der Waals surface area contributed by atoms with Crippen LogP contribution >= 0.6 is 11.6 Å². The van der Waals surface area contributed by atoms with Gasteiger partial charge in [-0.2, -0.15) is 5.10 Å². The predicted octanol–water partition coefficient (Wildman–Crippen LogP) is 3.25. The number of hydrogen-bond donors (Lipinski definition) is 1. The molecule has 1 aliphatic carbocycles. The Bertz CT molecular complexity index is 542. The summed E-state index contributed by atoms with van der Waals surface area (Å²) in [4.78, 5) is 0. The molecule has 2 N–H and O–H groups in total. The summed E-state index contributed by atoms with van der Waals surface area (Å²) in [6, 6.07) is 7.95. The van der Waals surface area contributed by atoms with E-state index in [1.54, 1.807) is 10.9 Å². The van der Waals surface area contributed by atoms with Gasteiger partial charge < -0.3 is 5.73 Å². The number of halogens is 1. The monoisotopic (exact) mass is 261 g/mol. The van der Waals surface area contributed by atoms with E-state index in [0.717, 1.165) is 24.1 Å². The number of nitrogens with zero attached hydrogens (tertiary/aromatic N) is 2. The molecule has 18 heavy (non-hydrogen) atoms. The van der Waals surface area contributed by atoms with Crippen molar-refractivity contribution in [1.82, 2.24) is 9.78 Å². The van der Waals surface area contributed by atoms with Crippen LogP contribution in [-0.2, 0) is 5.54 Å². The van der Waals surface area contributed by atoms with Crippen molar-refractivity contribution in [2.24, 2.45) is 5.73 Å². The molecule has 1 heterocycles. The number of benzene rings is 1. The third-order valence-electron chi connectivity index (χ3n) is 3.77. The molecule has 94 valence electrons. The van der Waals surface area contributed by atoms with Gasteiger partial charge in [0.05, 0.1) is 10.7 Å². The van der Waals surface area contributed by atoms with Crippen molar-refractivity contribution >= 4 is 11.6 Å². The lowest BCUT2D eigenvalue weighted by molar-refractivity contribution is 0.461. The van der Waals surface area contributed by atoms with Crippen LogP contribution in [0.5, 0.6) is 0 Å². The first-order valence-electron chi connectivity index (χ1n) is 6.28. The van der Waals surface area contributed by atoms with Gasteiger partial charge in [-0.15, -0.1) is 0 Å². The van der Waals surface area contributed by atoms with Crippen LogP contribution in [0.2, 0.25) is 5.02 Å². The Morgan fingerprint density at radius 2 is 2.06 bits per heavy atom. The Kier molecular flexibility index (Phi) is 2.88. The fraction of sp³-hybridized carbons (Fsp3) is 0.357. The standard InChI is InChI=1S/C14H16ClN3/c15-12-10-11(14(16)6-1-2-7-14)4-5-13(12)18-9-3-8-17-18/h3-5,8-10H,1-2,6-7,16H2. The Labute approximate surface area is 112 Å². The fourth-order valence-corrected chi connectivity index (χ4v) is 2.98. The van der Waals surface area contributed by atoms with Gasteiger partial charge in [0.1, 0.15) is 0 Å². The highest BCUT2D eigenvalue weighted by Crippen LogP contribution is 2.38. The average Bonchev–Trinajstić information content (AvgIpc) is 3.00. The molecule has 0 atom stereocenters. The molecule has 1 aliphatic rings. The third-order valence-corrected chi connectivity index (χ3v) is 4.07. The van der Waals surface area contributed by atoms with Crippen molar-refractivity contribution in [3.63, 3.8) is 0 Å². The second-order valence-electron chi connectivity index (χ2n) is 4.98. The van der Waals surface area contributed by atoms with Gasteiger partial charge in [0.2, 0.25) is 0 Å². The number of hydrogen-bond acceptors (Lipinski definition) is 2. The summed E-state index contributed by atoms with van der Waals surface area (Å²) in [7, 11) is 0. The number of nitrogens with two attached hydrogens (primary N) is 1. The zero-order valence-corrected chi connectivity index (χ0v) is 10.9. The maximum atomic E-state index is 6.44. The first-order chi connectivity index (χ1) is 8.69. The molecule has 2 aromatic rings. The SMILES string of the molecule is NC1(c2ccc(-n3cccn3)c(Cl)c2)CCCC1. The zero-order chi connectivity index (χ0) is 12.6. The smallest absolute Gasteiger partial charge is 0.0831 e. The van der Waals surface area contributed by atoms with Crippen molar-refractivity contribution < 1.29 is 0 Å². The lowest BCUT2D eigenvalue weighted by atomic mass is 9.89. The fourth-order valence-electron chi connectivity index (χ4n) is 2.71. The molecular weight excluding hydrogens is 246 g/mol. The van der Waals surface area contributed by atoms with E-state index >= 15 is 0 Å². The summed E-state index contributed by atoms with van der Waals surface area (Å²) in [6.07, 6.45) is 8.12. The summed E-state index contributed by atoms with van der Waals surface area (Å²) in [5, 5.41) is 4.89. The van der Waals surface area contributed by atoms with Gasteiger partial charge in [0, 0.05) is 17.9 Å². The van der Waals surface area contributed by atoms with Gasteiger partial charge in [0.25, 0.3) is 0 Å².